The summed E-state index contributed by atoms with van der Waals surface area (Å²) < 4.78 is 0. The second kappa shape index (κ2) is 7.67. The van der Waals surface area contributed by atoms with Crippen LogP contribution in [0.5, 0.6) is 0 Å². The highest BCUT2D eigenvalue weighted by Gasteiger charge is 2.09. The predicted molar refractivity (Wildman–Crippen MR) is 74.1 cm³/mol. The van der Waals surface area contributed by atoms with Crippen molar-refractivity contribution < 1.29 is 0 Å². The van der Waals surface area contributed by atoms with Crippen molar-refractivity contribution in [3.8, 4) is 6.07 Å². The van der Waals surface area contributed by atoms with Gasteiger partial charge in [-0.15, -0.1) is 0 Å². The van der Waals surface area contributed by atoms with Gasteiger partial charge in [0.25, 0.3) is 0 Å². The quantitative estimate of drug-likeness (QED) is 0.803. The molecule has 1 aromatic heterocycles. The van der Waals surface area contributed by atoms with E-state index in [1.807, 2.05) is 25.1 Å². The second-order valence-electron chi connectivity index (χ2n) is 4.40. The van der Waals surface area contributed by atoms with E-state index in [1.54, 1.807) is 0 Å². The number of nitrogens with one attached hydrogen (secondary N) is 1. The first-order valence-corrected chi connectivity index (χ1v) is 6.51. The summed E-state index contributed by atoms with van der Waals surface area (Å²) >= 11 is 0. The first kappa shape index (κ1) is 14.5. The third-order valence-corrected chi connectivity index (χ3v) is 2.75. The standard InChI is InChI=1S/C14H22N4/c1-4-16-14-8-6-7-13(17-14)11-18(5-2)10-12(3)9-15/h6-8,12H,4-5,10-11H2,1-3H3,(H,16,17). The van der Waals surface area contributed by atoms with E-state index in [0.29, 0.717) is 0 Å². The summed E-state index contributed by atoms with van der Waals surface area (Å²) in [4.78, 5) is 6.79. The maximum Gasteiger partial charge on any atom is 0.126 e. The van der Waals surface area contributed by atoms with Crippen LogP contribution in [-0.2, 0) is 6.54 Å². The van der Waals surface area contributed by atoms with E-state index in [4.69, 9.17) is 5.26 Å². The Kier molecular flexibility index (Phi) is 6.16. The molecule has 0 amide bonds. The molecular formula is C14H22N4. The van der Waals surface area contributed by atoms with Crippen molar-refractivity contribution in [1.82, 2.24) is 9.88 Å². The van der Waals surface area contributed by atoms with E-state index in [2.05, 4.69) is 35.1 Å². The maximum atomic E-state index is 8.86. The van der Waals surface area contributed by atoms with Gasteiger partial charge in [-0.1, -0.05) is 13.0 Å². The van der Waals surface area contributed by atoms with Crippen molar-refractivity contribution >= 4 is 5.82 Å². The van der Waals surface area contributed by atoms with Crippen LogP contribution < -0.4 is 5.32 Å². The molecule has 1 heterocycles. The van der Waals surface area contributed by atoms with E-state index in [0.717, 1.165) is 37.7 Å². The molecule has 0 aromatic carbocycles. The van der Waals surface area contributed by atoms with Crippen LogP contribution in [0.25, 0.3) is 0 Å². The van der Waals surface area contributed by atoms with Gasteiger partial charge in [-0.2, -0.15) is 5.26 Å². The van der Waals surface area contributed by atoms with Gasteiger partial charge in [0.05, 0.1) is 17.7 Å². The highest BCUT2D eigenvalue weighted by molar-refractivity contribution is 5.34. The van der Waals surface area contributed by atoms with Crippen molar-refractivity contribution in [2.45, 2.75) is 27.3 Å². The van der Waals surface area contributed by atoms with Gasteiger partial charge in [0.2, 0.25) is 0 Å². The highest BCUT2D eigenvalue weighted by atomic mass is 15.1. The fraction of sp³-hybridized carbons (Fsp3) is 0.571. The SMILES string of the molecule is CCNc1cccc(CN(CC)CC(C)C#N)n1. The number of hydrogen-bond acceptors (Lipinski definition) is 4. The Bertz CT molecular complexity index is 397. The Morgan fingerprint density at radius 2 is 2.22 bits per heavy atom. The summed E-state index contributed by atoms with van der Waals surface area (Å²) in [5.74, 6) is 0.973. The van der Waals surface area contributed by atoms with Gasteiger partial charge < -0.3 is 5.32 Å². The third kappa shape index (κ3) is 4.72. The van der Waals surface area contributed by atoms with Crippen molar-refractivity contribution in [3.05, 3.63) is 23.9 Å². The van der Waals surface area contributed by atoms with Crippen LogP contribution in [0.4, 0.5) is 5.82 Å². The van der Waals surface area contributed by atoms with Crippen molar-refractivity contribution in [2.24, 2.45) is 5.92 Å². The molecule has 0 aliphatic rings. The first-order valence-electron chi connectivity index (χ1n) is 6.51. The van der Waals surface area contributed by atoms with Gasteiger partial charge in [-0.3, -0.25) is 4.90 Å². The number of nitriles is 1. The van der Waals surface area contributed by atoms with Gasteiger partial charge in [0.15, 0.2) is 0 Å². The Balaban J connectivity index is 2.64. The van der Waals surface area contributed by atoms with Crippen molar-refractivity contribution in [1.29, 1.82) is 5.26 Å². The predicted octanol–water partition coefficient (Wildman–Crippen LogP) is 2.49. The lowest BCUT2D eigenvalue weighted by molar-refractivity contribution is 0.257. The van der Waals surface area contributed by atoms with Crippen LogP contribution in [-0.4, -0.2) is 29.5 Å². The minimum atomic E-state index is 0.0573. The number of nitrogens with zero attached hydrogens (tertiary/aromatic N) is 3. The molecule has 18 heavy (non-hydrogen) atoms. The molecule has 4 heteroatoms. The number of anilines is 1. The Labute approximate surface area is 110 Å². The van der Waals surface area contributed by atoms with Crippen LogP contribution in [0.2, 0.25) is 0 Å². The fourth-order valence-electron chi connectivity index (χ4n) is 1.81. The summed E-state index contributed by atoms with van der Waals surface area (Å²) in [5.41, 5.74) is 1.04. The van der Waals surface area contributed by atoms with Crippen LogP contribution in [0.3, 0.4) is 0 Å². The third-order valence-electron chi connectivity index (χ3n) is 2.75. The molecule has 1 unspecified atom stereocenters. The molecule has 0 radical (unpaired) electrons. The smallest absolute Gasteiger partial charge is 0.126 e. The molecule has 4 nitrogen and oxygen atoms in total. The normalized spacial score (nSPS) is 12.2. The molecule has 0 spiro atoms. The van der Waals surface area contributed by atoms with E-state index >= 15 is 0 Å². The molecule has 1 aromatic rings. The average Bonchev–Trinajstić information content (AvgIpc) is 2.38. The minimum absolute atomic E-state index is 0.0573. The highest BCUT2D eigenvalue weighted by Crippen LogP contribution is 2.08. The summed E-state index contributed by atoms with van der Waals surface area (Å²) in [6.45, 7) is 9.51. The monoisotopic (exact) mass is 246 g/mol. The zero-order chi connectivity index (χ0) is 13.4. The molecule has 1 atom stereocenters. The van der Waals surface area contributed by atoms with Gasteiger partial charge in [-0.05, 0) is 32.5 Å². The zero-order valence-electron chi connectivity index (χ0n) is 11.5. The van der Waals surface area contributed by atoms with Crippen LogP contribution >= 0.6 is 0 Å². The van der Waals surface area contributed by atoms with E-state index in [1.165, 1.54) is 0 Å². The number of rotatable bonds is 7. The van der Waals surface area contributed by atoms with Crippen molar-refractivity contribution in [3.63, 3.8) is 0 Å². The Hall–Kier alpha value is -1.60. The molecule has 98 valence electrons. The molecule has 0 aliphatic carbocycles. The summed E-state index contributed by atoms with van der Waals surface area (Å²) in [7, 11) is 0. The molecule has 1 N–H and O–H groups in total. The van der Waals surface area contributed by atoms with E-state index in [9.17, 15) is 0 Å². The molecule has 1 rings (SSSR count). The number of aromatic nitrogens is 1. The Morgan fingerprint density at radius 3 is 2.83 bits per heavy atom. The van der Waals surface area contributed by atoms with Gasteiger partial charge in [0.1, 0.15) is 5.82 Å². The van der Waals surface area contributed by atoms with Gasteiger partial charge >= 0.3 is 0 Å². The lowest BCUT2D eigenvalue weighted by atomic mass is 10.2. The maximum absolute atomic E-state index is 8.86. The summed E-state index contributed by atoms with van der Waals surface area (Å²) in [6, 6.07) is 8.29. The molecule has 0 aliphatic heterocycles. The van der Waals surface area contributed by atoms with Gasteiger partial charge in [-0.25, -0.2) is 4.98 Å². The van der Waals surface area contributed by atoms with Crippen LogP contribution in [0, 0.1) is 17.2 Å². The lowest BCUT2D eigenvalue weighted by Crippen LogP contribution is -2.28. The first-order chi connectivity index (χ1) is 8.69. The molecule has 0 bridgehead atoms. The molecule has 0 fully saturated rings. The molecular weight excluding hydrogens is 224 g/mol. The molecule has 0 saturated heterocycles. The zero-order valence-corrected chi connectivity index (χ0v) is 11.5. The number of pyridine rings is 1. The molecule has 0 saturated carbocycles. The van der Waals surface area contributed by atoms with E-state index in [-0.39, 0.29) is 5.92 Å². The summed E-state index contributed by atoms with van der Waals surface area (Å²) in [6.07, 6.45) is 0. The largest absolute Gasteiger partial charge is 0.370 e. The topological polar surface area (TPSA) is 52.0 Å². The lowest BCUT2D eigenvalue weighted by Gasteiger charge is -2.21. The Morgan fingerprint density at radius 1 is 1.44 bits per heavy atom. The van der Waals surface area contributed by atoms with E-state index < -0.39 is 0 Å². The fourth-order valence-corrected chi connectivity index (χ4v) is 1.81. The van der Waals surface area contributed by atoms with Crippen molar-refractivity contribution in [2.75, 3.05) is 25.0 Å². The minimum Gasteiger partial charge on any atom is -0.370 e. The van der Waals surface area contributed by atoms with Gasteiger partial charge in [0, 0.05) is 19.6 Å². The second-order valence-corrected chi connectivity index (χ2v) is 4.40. The summed E-state index contributed by atoms with van der Waals surface area (Å²) in [5, 5.41) is 12.1. The number of hydrogen-bond donors (Lipinski definition) is 1. The van der Waals surface area contributed by atoms with Crippen LogP contribution in [0.15, 0.2) is 18.2 Å². The van der Waals surface area contributed by atoms with Crippen LogP contribution in [0.1, 0.15) is 26.5 Å². The average molecular weight is 246 g/mol.